The molecule has 0 radical (unpaired) electrons. The first kappa shape index (κ1) is 11.9. The van der Waals surface area contributed by atoms with Crippen molar-refractivity contribution in [2.24, 2.45) is 0 Å². The molecule has 0 atom stereocenters. The van der Waals surface area contributed by atoms with E-state index in [2.05, 4.69) is 33.1 Å². The van der Waals surface area contributed by atoms with Gasteiger partial charge in [-0.1, -0.05) is 12.2 Å². The van der Waals surface area contributed by atoms with E-state index in [1.165, 1.54) is 11.3 Å². The van der Waals surface area contributed by atoms with Gasteiger partial charge < -0.3 is 0 Å². The van der Waals surface area contributed by atoms with Crippen LogP contribution in [0.4, 0.5) is 0 Å². The lowest BCUT2D eigenvalue weighted by Gasteiger charge is -2.12. The maximum Gasteiger partial charge on any atom is 0.266 e. The van der Waals surface area contributed by atoms with Crippen LogP contribution >= 0.6 is 27.3 Å². The number of rotatable bonds is 1. The summed E-state index contributed by atoms with van der Waals surface area (Å²) in [6, 6.07) is 1.85. The van der Waals surface area contributed by atoms with E-state index in [1.807, 2.05) is 19.1 Å². The third kappa shape index (κ3) is 1.87. The zero-order valence-electron chi connectivity index (χ0n) is 9.81. The van der Waals surface area contributed by atoms with Crippen LogP contribution in [0, 0.1) is 6.92 Å². The second-order valence-corrected chi connectivity index (χ2v) is 6.59. The largest absolute Gasteiger partial charge is 0.268 e. The minimum absolute atomic E-state index is 0.0113. The van der Waals surface area contributed by atoms with E-state index in [4.69, 9.17) is 0 Å². The summed E-state index contributed by atoms with van der Waals surface area (Å²) < 4.78 is 2.63. The molecule has 0 fully saturated rings. The maximum atomic E-state index is 12.5. The van der Waals surface area contributed by atoms with Crippen LogP contribution < -0.4 is 5.56 Å². The zero-order valence-corrected chi connectivity index (χ0v) is 12.2. The van der Waals surface area contributed by atoms with Crippen LogP contribution in [0.25, 0.3) is 15.9 Å². The Hall–Kier alpha value is -1.20. The molecule has 5 heteroatoms. The van der Waals surface area contributed by atoms with Crippen molar-refractivity contribution in [2.45, 2.75) is 19.8 Å². The summed E-state index contributed by atoms with van der Waals surface area (Å²) in [5, 5.41) is 0.678. The Labute approximate surface area is 117 Å². The van der Waals surface area contributed by atoms with Crippen molar-refractivity contribution in [2.75, 3.05) is 0 Å². The molecule has 0 aromatic carbocycles. The predicted octanol–water partition coefficient (Wildman–Crippen LogP) is 3.72. The molecule has 2 heterocycles. The van der Waals surface area contributed by atoms with Gasteiger partial charge >= 0.3 is 0 Å². The van der Waals surface area contributed by atoms with Crippen LogP contribution in [-0.2, 0) is 0 Å². The Balaban J connectivity index is 2.32. The molecule has 3 rings (SSSR count). The summed E-state index contributed by atoms with van der Waals surface area (Å²) >= 11 is 4.90. The number of hydrogen-bond donors (Lipinski definition) is 0. The molecule has 0 spiro atoms. The minimum Gasteiger partial charge on any atom is -0.268 e. The van der Waals surface area contributed by atoms with Crippen molar-refractivity contribution in [1.29, 1.82) is 0 Å². The van der Waals surface area contributed by atoms with Gasteiger partial charge in [0.25, 0.3) is 5.56 Å². The van der Waals surface area contributed by atoms with Crippen LogP contribution in [0.2, 0.25) is 0 Å². The normalized spacial score (nSPS) is 15.1. The topological polar surface area (TPSA) is 34.9 Å². The van der Waals surface area contributed by atoms with Crippen LogP contribution in [0.3, 0.4) is 0 Å². The quantitative estimate of drug-likeness (QED) is 0.802. The number of nitrogens with zero attached hydrogens (tertiary/aromatic N) is 2. The molecular formula is C13H11BrN2OS. The number of thiophene rings is 1. The molecule has 1 aliphatic carbocycles. The molecule has 92 valence electrons. The fourth-order valence-corrected chi connectivity index (χ4v) is 3.61. The van der Waals surface area contributed by atoms with Gasteiger partial charge in [0.05, 0.1) is 9.17 Å². The fraction of sp³-hybridized carbons (Fsp3) is 0.231. The van der Waals surface area contributed by atoms with Crippen molar-refractivity contribution in [3.8, 4) is 0 Å². The minimum atomic E-state index is 0.0113. The number of allylic oxidation sites excluding steroid dienone is 4. The van der Waals surface area contributed by atoms with Crippen molar-refractivity contribution < 1.29 is 0 Å². The highest BCUT2D eigenvalue weighted by molar-refractivity contribution is 9.11. The highest BCUT2D eigenvalue weighted by atomic mass is 79.9. The van der Waals surface area contributed by atoms with E-state index in [0.29, 0.717) is 5.39 Å². The molecule has 0 aliphatic heterocycles. The standard InChI is InChI=1S/C13H11BrN2OS/c1-8-15-12-10(7-11(14)18-12)13(17)16(8)9-5-3-2-4-6-9/h3,5-7H,2,4H2,1H3. The first-order valence-corrected chi connectivity index (χ1v) is 7.33. The van der Waals surface area contributed by atoms with Gasteiger partial charge in [-0.05, 0) is 47.8 Å². The third-order valence-corrected chi connectivity index (χ3v) is 4.47. The van der Waals surface area contributed by atoms with Crippen molar-refractivity contribution in [1.82, 2.24) is 9.55 Å². The summed E-state index contributed by atoms with van der Waals surface area (Å²) in [6.45, 7) is 1.87. The molecule has 18 heavy (non-hydrogen) atoms. The molecule has 0 N–H and O–H groups in total. The summed E-state index contributed by atoms with van der Waals surface area (Å²) in [6.07, 6.45) is 8.19. The smallest absolute Gasteiger partial charge is 0.266 e. The second kappa shape index (κ2) is 4.48. The summed E-state index contributed by atoms with van der Waals surface area (Å²) in [4.78, 5) is 17.8. The Bertz CT molecular complexity index is 739. The highest BCUT2D eigenvalue weighted by Crippen LogP contribution is 2.27. The number of halogens is 1. The van der Waals surface area contributed by atoms with Crippen molar-refractivity contribution in [3.63, 3.8) is 0 Å². The molecule has 0 bridgehead atoms. The summed E-state index contributed by atoms with van der Waals surface area (Å²) in [5.74, 6) is 0.736. The fourth-order valence-electron chi connectivity index (χ4n) is 2.12. The van der Waals surface area contributed by atoms with Crippen LogP contribution in [-0.4, -0.2) is 9.55 Å². The van der Waals surface area contributed by atoms with E-state index in [0.717, 1.165) is 33.0 Å². The molecule has 1 aliphatic rings. The second-order valence-electron chi connectivity index (χ2n) is 4.18. The number of fused-ring (bicyclic) bond motifs is 1. The first-order valence-electron chi connectivity index (χ1n) is 5.72. The van der Waals surface area contributed by atoms with E-state index in [-0.39, 0.29) is 5.56 Å². The van der Waals surface area contributed by atoms with Crippen LogP contribution in [0.1, 0.15) is 18.7 Å². The van der Waals surface area contributed by atoms with Gasteiger partial charge in [0.1, 0.15) is 10.7 Å². The molecule has 0 amide bonds. The van der Waals surface area contributed by atoms with Gasteiger partial charge in [-0.15, -0.1) is 11.3 Å². The van der Waals surface area contributed by atoms with E-state index < -0.39 is 0 Å². The number of hydrogen-bond acceptors (Lipinski definition) is 3. The maximum absolute atomic E-state index is 12.5. The van der Waals surface area contributed by atoms with Crippen LogP contribution in [0.15, 0.2) is 32.9 Å². The molecule has 0 saturated carbocycles. The van der Waals surface area contributed by atoms with E-state index in [1.54, 1.807) is 4.57 Å². The summed E-state index contributed by atoms with van der Waals surface area (Å²) in [5.41, 5.74) is 0.942. The average molecular weight is 323 g/mol. The van der Waals surface area contributed by atoms with E-state index in [9.17, 15) is 4.79 Å². The first-order chi connectivity index (χ1) is 8.66. The lowest BCUT2D eigenvalue weighted by atomic mass is 10.1. The number of aryl methyl sites for hydroxylation is 1. The van der Waals surface area contributed by atoms with Crippen molar-refractivity contribution in [3.05, 3.63) is 44.3 Å². The molecule has 0 unspecified atom stereocenters. The highest BCUT2D eigenvalue weighted by Gasteiger charge is 2.13. The summed E-state index contributed by atoms with van der Waals surface area (Å²) in [7, 11) is 0. The molecule has 2 aromatic heterocycles. The monoisotopic (exact) mass is 322 g/mol. The average Bonchev–Trinajstić information content (AvgIpc) is 2.71. The Morgan fingerprint density at radius 2 is 2.28 bits per heavy atom. The zero-order chi connectivity index (χ0) is 12.7. The Morgan fingerprint density at radius 3 is 3.00 bits per heavy atom. The van der Waals surface area contributed by atoms with Gasteiger partial charge in [0, 0.05) is 5.70 Å². The van der Waals surface area contributed by atoms with Crippen molar-refractivity contribution >= 4 is 43.2 Å². The Kier molecular flexibility index (Phi) is 2.95. The molecule has 3 nitrogen and oxygen atoms in total. The van der Waals surface area contributed by atoms with E-state index >= 15 is 0 Å². The lowest BCUT2D eigenvalue weighted by molar-refractivity contribution is 0.903. The molecular weight excluding hydrogens is 312 g/mol. The number of aromatic nitrogens is 2. The molecule has 0 saturated heterocycles. The van der Waals surface area contributed by atoms with Gasteiger partial charge in [-0.25, -0.2) is 4.98 Å². The molecule has 2 aromatic rings. The lowest BCUT2D eigenvalue weighted by Crippen LogP contribution is -2.22. The predicted molar refractivity (Wildman–Crippen MR) is 79.0 cm³/mol. The van der Waals surface area contributed by atoms with Gasteiger partial charge in [0.15, 0.2) is 0 Å². The van der Waals surface area contributed by atoms with Gasteiger partial charge in [-0.3, -0.25) is 9.36 Å². The van der Waals surface area contributed by atoms with Gasteiger partial charge in [-0.2, -0.15) is 0 Å². The van der Waals surface area contributed by atoms with Crippen LogP contribution in [0.5, 0.6) is 0 Å². The Morgan fingerprint density at radius 1 is 1.44 bits per heavy atom. The third-order valence-electron chi connectivity index (χ3n) is 2.94. The van der Waals surface area contributed by atoms with Gasteiger partial charge in [0.2, 0.25) is 0 Å². The SMILES string of the molecule is Cc1nc2sc(Br)cc2c(=O)n1C1=CCCC=C1.